The number of carbonyl (C=O) groups is 1. The number of esters is 1. The molecule has 0 saturated carbocycles. The summed E-state index contributed by atoms with van der Waals surface area (Å²) in [6.07, 6.45) is -0.0515. The molecule has 1 atom stereocenters. The normalized spacial score (nSPS) is 14.1. The second-order valence-electron chi connectivity index (χ2n) is 4.62. The van der Waals surface area contributed by atoms with E-state index in [1.54, 1.807) is 13.8 Å². The van der Waals surface area contributed by atoms with Gasteiger partial charge in [-0.05, 0) is 27.7 Å². The van der Waals surface area contributed by atoms with Gasteiger partial charge in [0.05, 0.1) is 6.61 Å². The first-order valence-electron chi connectivity index (χ1n) is 5.53. The molecule has 0 aliphatic carbocycles. The van der Waals surface area contributed by atoms with Crippen molar-refractivity contribution in [3.63, 3.8) is 0 Å². The average molecular weight is 280 g/mol. The molecule has 0 aliphatic heterocycles. The van der Waals surface area contributed by atoms with Crippen molar-refractivity contribution in [2.24, 2.45) is 0 Å². The van der Waals surface area contributed by atoms with Crippen LogP contribution in [-0.4, -0.2) is 33.8 Å². The van der Waals surface area contributed by atoms with Gasteiger partial charge in [-0.1, -0.05) is 6.58 Å². The quantitative estimate of drug-likeness (QED) is 0.420. The Bertz CT molecular complexity index is 357. The summed E-state index contributed by atoms with van der Waals surface area (Å²) in [7, 11) is -4.32. The topological polar surface area (TPSA) is 93.1 Å². The Balaban J connectivity index is 4.10. The Morgan fingerprint density at radius 1 is 1.44 bits per heavy atom. The predicted molar refractivity (Wildman–Crippen MR) is 67.1 cm³/mol. The lowest BCUT2D eigenvalue weighted by Gasteiger charge is -2.26. The SMILES string of the molecule is C=C(C)C(=O)OC(C)CCOC(C)(C)P(=O)(O)O. The van der Waals surface area contributed by atoms with Gasteiger partial charge < -0.3 is 19.3 Å². The van der Waals surface area contributed by atoms with Crippen LogP contribution in [-0.2, 0) is 18.8 Å². The van der Waals surface area contributed by atoms with Gasteiger partial charge in [0, 0.05) is 12.0 Å². The van der Waals surface area contributed by atoms with Crippen LogP contribution in [0.3, 0.4) is 0 Å². The summed E-state index contributed by atoms with van der Waals surface area (Å²) in [6, 6.07) is 0. The van der Waals surface area contributed by atoms with E-state index in [-0.39, 0.29) is 6.61 Å². The van der Waals surface area contributed by atoms with E-state index in [1.807, 2.05) is 0 Å². The highest BCUT2D eigenvalue weighted by Crippen LogP contribution is 2.50. The van der Waals surface area contributed by atoms with E-state index >= 15 is 0 Å². The molecule has 18 heavy (non-hydrogen) atoms. The van der Waals surface area contributed by atoms with Gasteiger partial charge in [0.25, 0.3) is 0 Å². The average Bonchev–Trinajstić information content (AvgIpc) is 2.14. The highest BCUT2D eigenvalue weighted by Gasteiger charge is 2.38. The van der Waals surface area contributed by atoms with Gasteiger partial charge in [0.2, 0.25) is 0 Å². The molecule has 0 spiro atoms. The highest BCUT2D eigenvalue weighted by atomic mass is 31.2. The summed E-state index contributed by atoms with van der Waals surface area (Å²) >= 11 is 0. The molecule has 0 aromatic carbocycles. The van der Waals surface area contributed by atoms with E-state index in [0.717, 1.165) is 0 Å². The Hall–Kier alpha value is -0.680. The smallest absolute Gasteiger partial charge is 0.356 e. The molecule has 106 valence electrons. The van der Waals surface area contributed by atoms with E-state index < -0.39 is 25.0 Å². The van der Waals surface area contributed by atoms with Crippen LogP contribution in [0.1, 0.15) is 34.1 Å². The second kappa shape index (κ2) is 6.48. The third-order valence-corrected chi connectivity index (χ3v) is 3.87. The lowest BCUT2D eigenvalue weighted by atomic mass is 10.3. The van der Waals surface area contributed by atoms with Crippen LogP contribution in [0, 0.1) is 0 Å². The fourth-order valence-electron chi connectivity index (χ4n) is 0.901. The molecule has 0 amide bonds. The van der Waals surface area contributed by atoms with E-state index in [4.69, 9.17) is 19.3 Å². The fraction of sp³-hybridized carbons (Fsp3) is 0.727. The van der Waals surface area contributed by atoms with Gasteiger partial charge in [-0.3, -0.25) is 4.57 Å². The number of carbonyl (C=O) groups excluding carboxylic acids is 1. The van der Waals surface area contributed by atoms with Crippen molar-refractivity contribution in [1.82, 2.24) is 0 Å². The molecule has 0 heterocycles. The van der Waals surface area contributed by atoms with Crippen LogP contribution in [0.4, 0.5) is 0 Å². The first-order chi connectivity index (χ1) is 7.97. The minimum atomic E-state index is -4.32. The number of rotatable bonds is 7. The maximum absolute atomic E-state index is 11.2. The summed E-state index contributed by atoms with van der Waals surface area (Å²) in [6.45, 7) is 9.39. The van der Waals surface area contributed by atoms with Crippen LogP contribution >= 0.6 is 7.60 Å². The Morgan fingerprint density at radius 2 is 1.94 bits per heavy atom. The Labute approximate surface area is 107 Å². The zero-order chi connectivity index (χ0) is 14.6. The van der Waals surface area contributed by atoms with Crippen molar-refractivity contribution in [3.8, 4) is 0 Å². The third-order valence-electron chi connectivity index (χ3n) is 2.34. The van der Waals surface area contributed by atoms with Gasteiger partial charge in [-0.15, -0.1) is 0 Å². The Kier molecular flexibility index (Phi) is 6.23. The lowest BCUT2D eigenvalue weighted by Crippen LogP contribution is -2.26. The molecule has 0 radical (unpaired) electrons. The van der Waals surface area contributed by atoms with Crippen molar-refractivity contribution < 1.29 is 28.6 Å². The lowest BCUT2D eigenvalue weighted by molar-refractivity contribution is -0.144. The standard InChI is InChI=1S/C11H21O6P/c1-8(2)10(12)17-9(3)6-7-16-11(4,5)18(13,14)15/h9H,1,6-7H2,2-5H3,(H2,13,14,15). The van der Waals surface area contributed by atoms with Gasteiger partial charge in [0.15, 0.2) is 5.34 Å². The molecule has 0 aromatic heterocycles. The predicted octanol–water partition coefficient (Wildman–Crippen LogP) is 1.81. The molecule has 0 aromatic rings. The second-order valence-corrected chi connectivity index (χ2v) is 6.79. The molecule has 2 N–H and O–H groups in total. The first-order valence-corrected chi connectivity index (χ1v) is 7.14. The maximum atomic E-state index is 11.2. The number of ether oxygens (including phenoxy) is 2. The van der Waals surface area contributed by atoms with E-state index in [2.05, 4.69) is 6.58 Å². The number of hydrogen-bond donors (Lipinski definition) is 2. The van der Waals surface area contributed by atoms with Crippen LogP contribution in [0.5, 0.6) is 0 Å². The third kappa shape index (κ3) is 5.78. The fourth-order valence-corrected chi connectivity index (χ4v) is 1.16. The molecular formula is C11H21O6P. The van der Waals surface area contributed by atoms with Crippen molar-refractivity contribution in [3.05, 3.63) is 12.2 Å². The molecule has 1 unspecified atom stereocenters. The van der Waals surface area contributed by atoms with Gasteiger partial charge in [-0.25, -0.2) is 4.79 Å². The van der Waals surface area contributed by atoms with Crippen LogP contribution < -0.4 is 0 Å². The van der Waals surface area contributed by atoms with E-state index in [1.165, 1.54) is 13.8 Å². The maximum Gasteiger partial charge on any atom is 0.356 e. The molecule has 7 heteroatoms. The first kappa shape index (κ1) is 17.3. The zero-order valence-electron chi connectivity index (χ0n) is 11.2. The van der Waals surface area contributed by atoms with Gasteiger partial charge >= 0.3 is 13.6 Å². The van der Waals surface area contributed by atoms with Crippen molar-refractivity contribution in [2.75, 3.05) is 6.61 Å². The Morgan fingerprint density at radius 3 is 2.33 bits per heavy atom. The van der Waals surface area contributed by atoms with E-state index in [0.29, 0.717) is 12.0 Å². The zero-order valence-corrected chi connectivity index (χ0v) is 12.1. The summed E-state index contributed by atoms with van der Waals surface area (Å²) in [4.78, 5) is 29.2. The monoisotopic (exact) mass is 280 g/mol. The van der Waals surface area contributed by atoms with Gasteiger partial charge in [0.1, 0.15) is 6.10 Å². The molecule has 0 rings (SSSR count). The molecule has 0 aliphatic rings. The van der Waals surface area contributed by atoms with Crippen LogP contribution in [0.25, 0.3) is 0 Å². The molecule has 0 saturated heterocycles. The largest absolute Gasteiger partial charge is 0.459 e. The van der Waals surface area contributed by atoms with Crippen molar-refractivity contribution in [2.45, 2.75) is 45.6 Å². The highest BCUT2D eigenvalue weighted by molar-refractivity contribution is 7.53. The number of hydrogen-bond acceptors (Lipinski definition) is 4. The van der Waals surface area contributed by atoms with Crippen molar-refractivity contribution >= 4 is 13.6 Å². The molecule has 0 bridgehead atoms. The minimum Gasteiger partial charge on any atom is -0.459 e. The summed E-state index contributed by atoms with van der Waals surface area (Å²) in [5.74, 6) is -0.489. The molecular weight excluding hydrogens is 259 g/mol. The summed E-state index contributed by atoms with van der Waals surface area (Å²) in [5, 5.41) is -1.54. The molecule has 0 fully saturated rings. The van der Waals surface area contributed by atoms with Crippen LogP contribution in [0.15, 0.2) is 12.2 Å². The van der Waals surface area contributed by atoms with E-state index in [9.17, 15) is 9.36 Å². The summed E-state index contributed by atoms with van der Waals surface area (Å²) in [5.41, 5.74) is 0.304. The van der Waals surface area contributed by atoms with Crippen LogP contribution in [0.2, 0.25) is 0 Å². The minimum absolute atomic E-state index is 0.0861. The summed E-state index contributed by atoms with van der Waals surface area (Å²) < 4.78 is 21.2. The molecule has 6 nitrogen and oxygen atoms in total. The van der Waals surface area contributed by atoms with Crippen molar-refractivity contribution in [1.29, 1.82) is 0 Å². The van der Waals surface area contributed by atoms with Gasteiger partial charge in [-0.2, -0.15) is 0 Å².